The van der Waals surface area contributed by atoms with Gasteiger partial charge < -0.3 is 10.8 Å². The van der Waals surface area contributed by atoms with Gasteiger partial charge in [0, 0.05) is 16.8 Å². The van der Waals surface area contributed by atoms with E-state index < -0.39 is 0 Å². The van der Waals surface area contributed by atoms with Crippen LogP contribution < -0.4 is 5.73 Å². The second-order valence-corrected chi connectivity index (χ2v) is 4.73. The normalized spacial score (nSPS) is 10.4. The molecule has 0 fully saturated rings. The van der Waals surface area contributed by atoms with Crippen LogP contribution >= 0.6 is 11.8 Å². The van der Waals surface area contributed by atoms with Gasteiger partial charge in [0.15, 0.2) is 0 Å². The Balaban J connectivity index is 1.97. The Morgan fingerprint density at radius 2 is 1.88 bits per heavy atom. The summed E-state index contributed by atoms with van der Waals surface area (Å²) in [4.78, 5) is 5.14. The van der Waals surface area contributed by atoms with E-state index in [2.05, 4.69) is 4.98 Å². The SMILES string of the molecule is Nc1cc(CSc2ccc(CO)cc2)ccn1. The van der Waals surface area contributed by atoms with Crippen LogP contribution in [0.5, 0.6) is 0 Å². The Morgan fingerprint density at radius 3 is 2.53 bits per heavy atom. The van der Waals surface area contributed by atoms with E-state index in [1.54, 1.807) is 18.0 Å². The fourth-order valence-electron chi connectivity index (χ4n) is 1.44. The molecule has 0 amide bonds. The summed E-state index contributed by atoms with van der Waals surface area (Å²) in [6, 6.07) is 11.7. The van der Waals surface area contributed by atoms with Crippen molar-refractivity contribution in [1.82, 2.24) is 4.98 Å². The Kier molecular flexibility index (Phi) is 4.01. The largest absolute Gasteiger partial charge is 0.392 e. The molecule has 1 aromatic heterocycles. The fourth-order valence-corrected chi connectivity index (χ4v) is 2.28. The van der Waals surface area contributed by atoms with Crippen molar-refractivity contribution in [3.05, 3.63) is 53.7 Å². The lowest BCUT2D eigenvalue weighted by atomic mass is 10.2. The number of thioether (sulfide) groups is 1. The first-order valence-corrected chi connectivity index (χ1v) is 6.29. The molecule has 2 rings (SSSR count). The molecule has 88 valence electrons. The van der Waals surface area contributed by atoms with Gasteiger partial charge in [0.25, 0.3) is 0 Å². The minimum Gasteiger partial charge on any atom is -0.392 e. The summed E-state index contributed by atoms with van der Waals surface area (Å²) >= 11 is 1.74. The standard InChI is InChI=1S/C13H14N2OS/c14-13-7-11(5-6-15-13)9-17-12-3-1-10(8-16)2-4-12/h1-7,16H,8-9H2,(H2,14,15). The van der Waals surface area contributed by atoms with Crippen LogP contribution in [0.3, 0.4) is 0 Å². The zero-order chi connectivity index (χ0) is 12.1. The number of aromatic nitrogens is 1. The topological polar surface area (TPSA) is 59.1 Å². The van der Waals surface area contributed by atoms with Crippen molar-refractivity contribution in [3.63, 3.8) is 0 Å². The predicted molar refractivity (Wildman–Crippen MR) is 70.6 cm³/mol. The van der Waals surface area contributed by atoms with E-state index in [-0.39, 0.29) is 6.61 Å². The lowest BCUT2D eigenvalue weighted by Crippen LogP contribution is -1.90. The maximum absolute atomic E-state index is 8.94. The van der Waals surface area contributed by atoms with E-state index in [0.29, 0.717) is 5.82 Å². The number of benzene rings is 1. The molecule has 1 heterocycles. The summed E-state index contributed by atoms with van der Waals surface area (Å²) < 4.78 is 0. The second kappa shape index (κ2) is 5.70. The van der Waals surface area contributed by atoms with Gasteiger partial charge in [-0.1, -0.05) is 12.1 Å². The Hall–Kier alpha value is -1.52. The highest BCUT2D eigenvalue weighted by Crippen LogP contribution is 2.23. The average molecular weight is 246 g/mol. The number of nitrogens with two attached hydrogens (primary N) is 1. The highest BCUT2D eigenvalue weighted by atomic mass is 32.2. The monoisotopic (exact) mass is 246 g/mol. The van der Waals surface area contributed by atoms with Crippen LogP contribution in [0.25, 0.3) is 0 Å². The maximum atomic E-state index is 8.94. The van der Waals surface area contributed by atoms with E-state index in [1.807, 2.05) is 36.4 Å². The molecule has 1 aromatic carbocycles. The highest BCUT2D eigenvalue weighted by Gasteiger charge is 1.98. The van der Waals surface area contributed by atoms with Gasteiger partial charge >= 0.3 is 0 Å². The van der Waals surface area contributed by atoms with Gasteiger partial charge in [-0.25, -0.2) is 4.98 Å². The zero-order valence-electron chi connectivity index (χ0n) is 9.34. The first-order chi connectivity index (χ1) is 8.28. The molecular weight excluding hydrogens is 232 g/mol. The van der Waals surface area contributed by atoms with E-state index in [1.165, 1.54) is 4.90 Å². The molecule has 3 nitrogen and oxygen atoms in total. The second-order valence-electron chi connectivity index (χ2n) is 3.68. The molecule has 0 radical (unpaired) electrons. The lowest BCUT2D eigenvalue weighted by Gasteiger charge is -2.03. The van der Waals surface area contributed by atoms with Crippen LogP contribution in [-0.4, -0.2) is 10.1 Å². The Bertz CT molecular complexity index is 485. The molecule has 4 heteroatoms. The third kappa shape index (κ3) is 3.47. The van der Waals surface area contributed by atoms with Crippen LogP contribution in [0, 0.1) is 0 Å². The molecule has 0 bridgehead atoms. The molecular formula is C13H14N2OS. The molecule has 0 aliphatic heterocycles. The van der Waals surface area contributed by atoms with Crippen molar-refractivity contribution in [2.24, 2.45) is 0 Å². The van der Waals surface area contributed by atoms with E-state index >= 15 is 0 Å². The molecule has 0 unspecified atom stereocenters. The van der Waals surface area contributed by atoms with Gasteiger partial charge in [0.2, 0.25) is 0 Å². The first-order valence-electron chi connectivity index (χ1n) is 5.31. The maximum Gasteiger partial charge on any atom is 0.123 e. The molecule has 3 N–H and O–H groups in total. The van der Waals surface area contributed by atoms with E-state index in [4.69, 9.17) is 10.8 Å². The molecule has 2 aromatic rings. The molecule has 0 aliphatic carbocycles. The quantitative estimate of drug-likeness (QED) is 0.814. The summed E-state index contributed by atoms with van der Waals surface area (Å²) in [5.74, 6) is 1.42. The first kappa shape index (κ1) is 12.0. The number of pyridine rings is 1. The van der Waals surface area contributed by atoms with E-state index in [0.717, 1.165) is 16.9 Å². The van der Waals surface area contributed by atoms with Gasteiger partial charge in [-0.3, -0.25) is 0 Å². The van der Waals surface area contributed by atoms with Gasteiger partial charge in [-0.05, 0) is 35.4 Å². The van der Waals surface area contributed by atoms with Crippen molar-refractivity contribution >= 4 is 17.6 Å². The number of aliphatic hydroxyl groups is 1. The number of nitrogen functional groups attached to an aromatic ring is 1. The molecule has 0 aliphatic rings. The Morgan fingerprint density at radius 1 is 1.12 bits per heavy atom. The lowest BCUT2D eigenvalue weighted by molar-refractivity contribution is 0.282. The number of rotatable bonds is 4. The van der Waals surface area contributed by atoms with Crippen molar-refractivity contribution in [2.45, 2.75) is 17.3 Å². The molecule has 0 saturated carbocycles. The van der Waals surface area contributed by atoms with Crippen LogP contribution in [0.1, 0.15) is 11.1 Å². The van der Waals surface area contributed by atoms with Crippen LogP contribution in [0.4, 0.5) is 5.82 Å². The number of hydrogen-bond acceptors (Lipinski definition) is 4. The van der Waals surface area contributed by atoms with Crippen molar-refractivity contribution in [3.8, 4) is 0 Å². The summed E-state index contributed by atoms with van der Waals surface area (Å²) in [5.41, 5.74) is 7.71. The van der Waals surface area contributed by atoms with Crippen molar-refractivity contribution in [1.29, 1.82) is 0 Å². The van der Waals surface area contributed by atoms with Crippen molar-refractivity contribution < 1.29 is 5.11 Å². The minimum atomic E-state index is 0.0891. The average Bonchev–Trinajstić information content (AvgIpc) is 2.37. The number of nitrogens with zero attached hydrogens (tertiary/aromatic N) is 1. The Labute approximate surface area is 105 Å². The molecule has 0 saturated heterocycles. The van der Waals surface area contributed by atoms with Gasteiger partial charge in [0.1, 0.15) is 5.82 Å². The van der Waals surface area contributed by atoms with E-state index in [9.17, 15) is 0 Å². The molecule has 17 heavy (non-hydrogen) atoms. The highest BCUT2D eigenvalue weighted by molar-refractivity contribution is 7.98. The zero-order valence-corrected chi connectivity index (χ0v) is 10.2. The summed E-state index contributed by atoms with van der Waals surface area (Å²) in [7, 11) is 0. The predicted octanol–water partition coefficient (Wildman–Crippen LogP) is 2.45. The van der Waals surface area contributed by atoms with Crippen molar-refractivity contribution in [2.75, 3.05) is 5.73 Å². The third-order valence-corrected chi connectivity index (χ3v) is 3.44. The smallest absolute Gasteiger partial charge is 0.123 e. The van der Waals surface area contributed by atoms with Crippen LogP contribution in [0.2, 0.25) is 0 Å². The fraction of sp³-hybridized carbons (Fsp3) is 0.154. The minimum absolute atomic E-state index is 0.0891. The molecule has 0 atom stereocenters. The number of hydrogen-bond donors (Lipinski definition) is 2. The summed E-state index contributed by atoms with van der Waals surface area (Å²) in [6.07, 6.45) is 1.72. The number of aliphatic hydroxyl groups excluding tert-OH is 1. The summed E-state index contributed by atoms with van der Waals surface area (Å²) in [6.45, 7) is 0.0891. The van der Waals surface area contributed by atoms with Gasteiger partial charge in [-0.2, -0.15) is 0 Å². The van der Waals surface area contributed by atoms with Gasteiger partial charge in [-0.15, -0.1) is 11.8 Å². The van der Waals surface area contributed by atoms with Gasteiger partial charge in [0.05, 0.1) is 6.61 Å². The molecule has 0 spiro atoms. The third-order valence-electron chi connectivity index (χ3n) is 2.36. The van der Waals surface area contributed by atoms with Crippen LogP contribution in [0.15, 0.2) is 47.5 Å². The van der Waals surface area contributed by atoms with Crippen LogP contribution in [-0.2, 0) is 12.4 Å². The summed E-state index contributed by atoms with van der Waals surface area (Å²) in [5, 5.41) is 8.94. The number of anilines is 1.